The number of hydrogen-bond acceptors (Lipinski definition) is 10. The Balaban J connectivity index is 0.000000409. The number of ether oxygens (including phenoxy) is 2. The number of halogens is 6. The molecule has 12 N–H and O–H groups in total. The van der Waals surface area contributed by atoms with Crippen molar-refractivity contribution in [3.63, 3.8) is 0 Å². The molecule has 21 heteroatoms. The zero-order valence-electron chi connectivity index (χ0n) is 35.4. The number of benzene rings is 3. The van der Waals surface area contributed by atoms with Crippen LogP contribution in [0.3, 0.4) is 0 Å². The molecule has 2 amide bonds. The summed E-state index contributed by atoms with van der Waals surface area (Å²) in [4.78, 5) is 34.9. The highest BCUT2D eigenvalue weighted by molar-refractivity contribution is 9.11. The number of nitrogens with one attached hydrogen (secondary N) is 3. The van der Waals surface area contributed by atoms with Crippen LogP contribution in [0.2, 0.25) is 0 Å². The first-order valence-corrected chi connectivity index (χ1v) is 25.1. The van der Waals surface area contributed by atoms with Gasteiger partial charge in [0.25, 0.3) is 11.8 Å². The first-order valence-electron chi connectivity index (χ1n) is 20.2. The van der Waals surface area contributed by atoms with Crippen LogP contribution in [0.25, 0.3) is 0 Å². The quantitative estimate of drug-likeness (QED) is 0.0312. The van der Waals surface area contributed by atoms with E-state index in [2.05, 4.69) is 82.1 Å². The zero-order valence-corrected chi connectivity index (χ0v) is 45.0. The summed E-state index contributed by atoms with van der Waals surface area (Å²) in [6.45, 7) is 4.72. The monoisotopic (exact) mass is 1220 g/mol. The molecule has 2 heterocycles. The van der Waals surface area contributed by atoms with Crippen molar-refractivity contribution in [1.29, 1.82) is 5.41 Å². The molecule has 5 aliphatic rings. The van der Waals surface area contributed by atoms with Gasteiger partial charge in [-0.1, -0.05) is 59.6 Å². The molecule has 0 radical (unpaired) electrons. The number of thioether (sulfide) groups is 1. The van der Waals surface area contributed by atoms with E-state index in [-0.39, 0.29) is 57.0 Å². The molecule has 3 aromatic rings. The first-order chi connectivity index (χ1) is 30.1. The summed E-state index contributed by atoms with van der Waals surface area (Å²) in [5.41, 5.74) is 24.2. The summed E-state index contributed by atoms with van der Waals surface area (Å²) < 4.78 is 12.5. The molecule has 3 aromatic carbocycles. The van der Waals surface area contributed by atoms with Crippen LogP contribution in [-0.2, 0) is 28.4 Å². The topological polar surface area (TPSA) is 242 Å². The number of cyclic esters (lactones) is 1. The van der Waals surface area contributed by atoms with E-state index in [1.165, 1.54) is 63.1 Å². The average Bonchev–Trinajstić information content (AvgIpc) is 4.20. The van der Waals surface area contributed by atoms with Gasteiger partial charge >= 0.3 is 5.97 Å². The fraction of sp³-hybridized carbons (Fsp3) is 0.465. The number of thiocarbonyl (C=S) groups is 1. The van der Waals surface area contributed by atoms with Crippen LogP contribution in [-0.4, -0.2) is 71.4 Å². The summed E-state index contributed by atoms with van der Waals surface area (Å²) in [5.74, 6) is 2.41. The predicted octanol–water partition coefficient (Wildman–Crippen LogP) is 9.26. The van der Waals surface area contributed by atoms with Crippen LogP contribution >= 0.6 is 112 Å². The SMILES string of the molecule is Br.C1CCOC1.ClCCl.N=C(N)SCc1cc(Br)ccc1C(=O)NCC1CC1.NC(N)=S.NCC1CC1.O=C(NCC1CC1)c1ccc(Br)cc1CO.O=C1OCc2cc(Br)ccc21. The molecule has 0 spiro atoms. The van der Waals surface area contributed by atoms with Crippen molar-refractivity contribution in [3.8, 4) is 0 Å². The lowest BCUT2D eigenvalue weighted by Gasteiger charge is -2.10. The fourth-order valence-corrected chi connectivity index (χ4v) is 7.02. The standard InChI is InChI=1S/C13H16BrN3OS.C12H14BrNO2.C8H5BrO2.C4H9N.C4H8O.CH2Cl2.CH4N2S.BrH/c14-10-3-4-11(9(5-10)7-19-13(15)16)12(18)17-6-8-1-2-8;13-10-3-4-11(9(5-10)7-15)12(16)14-6-8-1-2-8;9-6-1-2-7-5(3-6)4-11-8(7)10;5-3-4-1-2-4;1-2-4-5-3-1;2-1-3;2-1(3)4;/h3-5,8H,1-2,6-7H2,(H3,15,16)(H,17,18);3-5,8,15H,1-2,6-7H2,(H,14,16);1-3H,4H2;4H,1-3,5H2;1-4H2;1H2;(H4,2,3,4);1H. The number of carbonyl (C=O) groups is 3. The number of hydrogen-bond donors (Lipinski definition) is 8. The molecule has 1 saturated heterocycles. The number of amides is 2. The third-order valence-corrected chi connectivity index (χ3v) is 11.4. The number of aliphatic hydroxyl groups is 1. The van der Waals surface area contributed by atoms with Crippen LogP contribution in [0.15, 0.2) is 68.0 Å². The third kappa shape index (κ3) is 27.6. The Hall–Kier alpha value is -2.04. The van der Waals surface area contributed by atoms with Crippen LogP contribution in [0.1, 0.15) is 99.1 Å². The second-order valence-corrected chi connectivity index (χ2v) is 19.6. The maximum Gasteiger partial charge on any atom is 0.338 e. The smallest absolute Gasteiger partial charge is 0.338 e. The van der Waals surface area contributed by atoms with E-state index in [4.69, 9.17) is 49.6 Å². The van der Waals surface area contributed by atoms with E-state index in [0.29, 0.717) is 46.4 Å². The molecule has 8 rings (SSSR count). The average molecular weight is 1220 g/mol. The highest BCUT2D eigenvalue weighted by Gasteiger charge is 2.24. The normalized spacial score (nSPS) is 14.8. The van der Waals surface area contributed by atoms with Gasteiger partial charge in [0.05, 0.1) is 17.5 Å². The van der Waals surface area contributed by atoms with Crippen LogP contribution < -0.4 is 33.6 Å². The maximum atomic E-state index is 12.1. The van der Waals surface area contributed by atoms with Crippen molar-refractivity contribution >= 4 is 140 Å². The van der Waals surface area contributed by atoms with E-state index in [1.807, 2.05) is 36.4 Å². The Morgan fingerprint density at radius 3 is 1.62 bits per heavy atom. The second kappa shape index (κ2) is 34.3. The molecule has 64 heavy (non-hydrogen) atoms. The summed E-state index contributed by atoms with van der Waals surface area (Å²) in [6, 6.07) is 16.4. The largest absolute Gasteiger partial charge is 0.457 e. The molecular weight excluding hydrogens is 1170 g/mol. The molecule has 13 nitrogen and oxygen atoms in total. The molecule has 2 aliphatic heterocycles. The lowest BCUT2D eigenvalue weighted by atomic mass is 10.1. The lowest BCUT2D eigenvalue weighted by Crippen LogP contribution is -2.26. The Morgan fingerprint density at radius 1 is 0.797 bits per heavy atom. The van der Waals surface area contributed by atoms with Gasteiger partial charge in [-0.15, -0.1) is 40.2 Å². The number of aliphatic hydroxyl groups excluding tert-OH is 1. The minimum absolute atomic E-state index is 0. The summed E-state index contributed by atoms with van der Waals surface area (Å²) >= 11 is 24.9. The number of esters is 1. The van der Waals surface area contributed by atoms with Gasteiger partial charge in [-0.2, -0.15) is 0 Å². The van der Waals surface area contributed by atoms with Crippen LogP contribution in [0.5, 0.6) is 0 Å². The molecule has 0 aromatic heterocycles. The Labute approximate surface area is 432 Å². The summed E-state index contributed by atoms with van der Waals surface area (Å²) in [5, 5.41) is 22.5. The van der Waals surface area contributed by atoms with Crippen molar-refractivity contribution in [2.24, 2.45) is 40.7 Å². The van der Waals surface area contributed by atoms with E-state index in [1.54, 1.807) is 18.2 Å². The van der Waals surface area contributed by atoms with E-state index >= 15 is 0 Å². The van der Waals surface area contributed by atoms with Crippen LogP contribution in [0, 0.1) is 23.2 Å². The minimum atomic E-state index is -0.215. The van der Waals surface area contributed by atoms with Crippen molar-refractivity contribution in [1.82, 2.24) is 10.6 Å². The van der Waals surface area contributed by atoms with Gasteiger partial charge in [-0.3, -0.25) is 15.0 Å². The van der Waals surface area contributed by atoms with E-state index in [9.17, 15) is 19.5 Å². The molecule has 0 bridgehead atoms. The van der Waals surface area contributed by atoms with Gasteiger partial charge < -0.3 is 48.1 Å². The molecule has 356 valence electrons. The summed E-state index contributed by atoms with van der Waals surface area (Å²) in [6.07, 6.45) is 10.2. The first kappa shape index (κ1) is 60.0. The molecule has 3 saturated carbocycles. The Bertz CT molecular complexity index is 1920. The lowest BCUT2D eigenvalue weighted by molar-refractivity contribution is 0.0534. The van der Waals surface area contributed by atoms with Gasteiger partial charge in [-0.05, 0) is 154 Å². The highest BCUT2D eigenvalue weighted by Crippen LogP contribution is 2.29. The maximum absolute atomic E-state index is 12.1. The van der Waals surface area contributed by atoms with Gasteiger partial charge in [0.1, 0.15) is 6.61 Å². The molecular formula is C43H59Br4Cl2N7O6S2. The molecule has 0 atom stereocenters. The molecule has 0 unspecified atom stereocenters. The van der Waals surface area contributed by atoms with Crippen molar-refractivity contribution in [2.75, 3.05) is 38.2 Å². The van der Waals surface area contributed by atoms with Crippen molar-refractivity contribution < 1.29 is 29.0 Å². The minimum Gasteiger partial charge on any atom is -0.457 e. The van der Waals surface area contributed by atoms with Gasteiger partial charge in [0.2, 0.25) is 0 Å². The van der Waals surface area contributed by atoms with Crippen molar-refractivity contribution in [3.05, 3.63) is 101 Å². The molecule has 4 fully saturated rings. The van der Waals surface area contributed by atoms with Gasteiger partial charge in [-0.25, -0.2) is 4.79 Å². The molecule has 3 aliphatic carbocycles. The number of alkyl halides is 2. The Kier molecular flexibility index (Phi) is 32.1. The van der Waals surface area contributed by atoms with Gasteiger partial charge in [0.15, 0.2) is 10.3 Å². The highest BCUT2D eigenvalue weighted by atomic mass is 79.9. The zero-order chi connectivity index (χ0) is 46.7. The number of nitrogens with two attached hydrogens (primary N) is 4. The van der Waals surface area contributed by atoms with Crippen LogP contribution in [0.4, 0.5) is 0 Å². The number of rotatable bonds is 10. The summed E-state index contributed by atoms with van der Waals surface area (Å²) in [7, 11) is 0. The fourth-order valence-electron chi connectivity index (χ4n) is 5.25. The number of fused-ring (bicyclic) bond motifs is 1. The number of carbonyl (C=O) groups excluding carboxylic acids is 3. The third-order valence-electron chi connectivity index (χ3n) is 9.18. The van der Waals surface area contributed by atoms with Gasteiger partial charge in [0, 0.05) is 62.2 Å². The number of amidine groups is 1. The van der Waals surface area contributed by atoms with E-state index < -0.39 is 0 Å². The Morgan fingerprint density at radius 2 is 1.23 bits per heavy atom. The van der Waals surface area contributed by atoms with E-state index in [0.717, 1.165) is 63.3 Å². The predicted molar refractivity (Wildman–Crippen MR) is 280 cm³/mol. The van der Waals surface area contributed by atoms with Crippen molar-refractivity contribution in [2.45, 2.75) is 70.3 Å². The second-order valence-electron chi connectivity index (χ2n) is 14.6.